The molecule has 0 unspecified atom stereocenters. The number of alkyl halides is 3. The standard InChI is InChI=1S/C89H57BF3N5/c91-89(92,93)70-44-46-82(75(56-70)79-57-78(62-33-15-5-16-34-62)94-88(95-79)63-35-17-6-18-36-63)98-80-40-22-19-37-73(80)74-53-64(43-45-81(74)98)69-54-85-87-86(55-69)97(72-51-67(60-29-11-3-12-30-60)48-68(52-72)61-31-13-4-14-32-61)84-42-24-21-39-77(84)90(87)76-38-20-23-41-83(76)96(85)71-49-65(58-25-7-1-8-26-58)47-66(50-71)59-27-9-2-10-28-59/h1-57H. The number of halogens is 3. The third-order valence-electron chi connectivity index (χ3n) is 19.3. The number of para-hydroxylation sites is 3. The second-order valence-electron chi connectivity index (χ2n) is 25.2. The van der Waals surface area contributed by atoms with Crippen LogP contribution < -0.4 is 26.2 Å². The normalized spacial score (nSPS) is 12.4. The lowest BCUT2D eigenvalue weighted by atomic mass is 9.33. The lowest BCUT2D eigenvalue weighted by Gasteiger charge is -2.44. The molecular weight excluding hydrogens is 1210 g/mol. The van der Waals surface area contributed by atoms with Gasteiger partial charge >= 0.3 is 6.18 Å². The number of benzene rings is 14. The van der Waals surface area contributed by atoms with Gasteiger partial charge in [-0.15, -0.1) is 0 Å². The molecule has 5 nitrogen and oxygen atoms in total. The molecule has 0 amide bonds. The Balaban J connectivity index is 0.901. The molecule has 0 radical (unpaired) electrons. The van der Waals surface area contributed by atoms with E-state index in [0.717, 1.165) is 123 Å². The van der Waals surface area contributed by atoms with Crippen LogP contribution in [0.15, 0.2) is 346 Å². The van der Waals surface area contributed by atoms with E-state index in [1.54, 1.807) is 6.07 Å². The number of aromatic nitrogens is 3. The molecule has 2 aromatic heterocycles. The van der Waals surface area contributed by atoms with Gasteiger partial charge in [0.15, 0.2) is 5.82 Å². The smallest absolute Gasteiger partial charge is 0.311 e. The van der Waals surface area contributed by atoms with Gasteiger partial charge in [-0.25, -0.2) is 9.97 Å². The van der Waals surface area contributed by atoms with Crippen LogP contribution in [0.25, 0.3) is 117 Å². The predicted molar refractivity (Wildman–Crippen MR) is 399 cm³/mol. The summed E-state index contributed by atoms with van der Waals surface area (Å²) < 4.78 is 47.8. The Hall–Kier alpha value is -12.6. The van der Waals surface area contributed by atoms with Gasteiger partial charge in [-0.3, -0.25) is 0 Å². The van der Waals surface area contributed by atoms with Crippen molar-refractivity contribution in [1.82, 2.24) is 14.5 Å². The van der Waals surface area contributed by atoms with Gasteiger partial charge in [0.05, 0.1) is 33.7 Å². The summed E-state index contributed by atoms with van der Waals surface area (Å²) in [6.45, 7) is -0.161. The first kappa shape index (κ1) is 58.0. The average Bonchev–Trinajstić information content (AvgIpc) is 0.748. The minimum absolute atomic E-state index is 0.161. The van der Waals surface area contributed by atoms with E-state index < -0.39 is 11.7 Å². The Morgan fingerprint density at radius 3 is 1.19 bits per heavy atom. The van der Waals surface area contributed by atoms with E-state index in [4.69, 9.17) is 9.97 Å². The maximum atomic E-state index is 15.2. The highest BCUT2D eigenvalue weighted by atomic mass is 19.4. The number of nitrogens with zero attached hydrogens (tertiary/aromatic N) is 5. The summed E-state index contributed by atoms with van der Waals surface area (Å²) >= 11 is 0. The van der Waals surface area contributed by atoms with Crippen molar-refractivity contribution in [3.05, 3.63) is 351 Å². The van der Waals surface area contributed by atoms with Crippen molar-refractivity contribution >= 4 is 79.0 Å². The van der Waals surface area contributed by atoms with Crippen LogP contribution in [-0.2, 0) is 6.18 Å². The molecule has 0 spiro atoms. The minimum Gasteiger partial charge on any atom is -0.311 e. The number of fused-ring (bicyclic) bond motifs is 7. The van der Waals surface area contributed by atoms with Crippen molar-refractivity contribution in [2.45, 2.75) is 6.18 Å². The maximum Gasteiger partial charge on any atom is 0.416 e. The fraction of sp³-hybridized carbons (Fsp3) is 0.0112. The first-order chi connectivity index (χ1) is 48.2. The van der Waals surface area contributed by atoms with Crippen molar-refractivity contribution in [3.63, 3.8) is 0 Å². The summed E-state index contributed by atoms with van der Waals surface area (Å²) in [5.74, 6) is 0.401. The number of hydrogen-bond donors (Lipinski definition) is 0. The van der Waals surface area contributed by atoms with Crippen LogP contribution in [0.2, 0.25) is 0 Å². The van der Waals surface area contributed by atoms with Crippen molar-refractivity contribution in [3.8, 4) is 95.2 Å². The molecule has 98 heavy (non-hydrogen) atoms. The molecule has 18 rings (SSSR count). The van der Waals surface area contributed by atoms with Crippen LogP contribution in [0.4, 0.5) is 47.3 Å². The summed E-state index contributed by atoms with van der Waals surface area (Å²) in [5, 5.41) is 1.87. The third kappa shape index (κ3) is 10.1. The monoisotopic (exact) mass is 1260 g/mol. The topological polar surface area (TPSA) is 37.2 Å². The van der Waals surface area contributed by atoms with Gasteiger partial charge in [0.2, 0.25) is 0 Å². The second-order valence-corrected chi connectivity index (χ2v) is 25.2. The Kier molecular flexibility index (Phi) is 14.0. The van der Waals surface area contributed by atoms with E-state index in [2.05, 4.69) is 263 Å². The molecular formula is C89H57BF3N5. The average molecular weight is 1260 g/mol. The number of anilines is 6. The molecule has 0 aliphatic carbocycles. The van der Waals surface area contributed by atoms with Gasteiger partial charge < -0.3 is 14.4 Å². The summed E-state index contributed by atoms with van der Waals surface area (Å²) in [7, 11) is 0. The van der Waals surface area contributed by atoms with E-state index >= 15 is 13.2 Å². The van der Waals surface area contributed by atoms with Gasteiger partial charge in [-0.05, 0) is 175 Å². The molecule has 0 saturated heterocycles. The molecule has 14 aromatic carbocycles. The highest BCUT2D eigenvalue weighted by molar-refractivity contribution is 7.00. The van der Waals surface area contributed by atoms with Crippen LogP contribution in [0, 0.1) is 0 Å². The zero-order chi connectivity index (χ0) is 65.4. The summed E-state index contributed by atoms with van der Waals surface area (Å²) in [6, 6.07) is 119. The van der Waals surface area contributed by atoms with Crippen LogP contribution in [0.5, 0.6) is 0 Å². The van der Waals surface area contributed by atoms with Crippen LogP contribution in [-0.4, -0.2) is 21.2 Å². The van der Waals surface area contributed by atoms with E-state index in [-0.39, 0.29) is 6.71 Å². The molecule has 9 heteroatoms. The minimum atomic E-state index is -4.64. The van der Waals surface area contributed by atoms with Crippen LogP contribution in [0.3, 0.4) is 0 Å². The Morgan fingerprint density at radius 1 is 0.276 bits per heavy atom. The van der Waals surface area contributed by atoms with Gasteiger partial charge in [-0.1, -0.05) is 243 Å². The number of hydrogen-bond acceptors (Lipinski definition) is 4. The second kappa shape index (κ2) is 23.7. The highest BCUT2D eigenvalue weighted by Gasteiger charge is 2.44. The zero-order valence-corrected chi connectivity index (χ0v) is 52.9. The molecule has 16 aromatic rings. The van der Waals surface area contributed by atoms with Crippen molar-refractivity contribution < 1.29 is 13.2 Å². The Bertz CT molecular complexity index is 5370. The van der Waals surface area contributed by atoms with Crippen LogP contribution in [0.1, 0.15) is 5.56 Å². The maximum absolute atomic E-state index is 15.2. The van der Waals surface area contributed by atoms with Gasteiger partial charge in [0.25, 0.3) is 6.71 Å². The van der Waals surface area contributed by atoms with Crippen molar-refractivity contribution in [2.24, 2.45) is 0 Å². The first-order valence-corrected chi connectivity index (χ1v) is 33.0. The molecule has 0 fully saturated rings. The fourth-order valence-electron chi connectivity index (χ4n) is 14.9. The first-order valence-electron chi connectivity index (χ1n) is 33.0. The summed E-state index contributed by atoms with van der Waals surface area (Å²) in [4.78, 5) is 15.1. The van der Waals surface area contributed by atoms with Crippen molar-refractivity contribution in [1.29, 1.82) is 0 Å². The van der Waals surface area contributed by atoms with Gasteiger partial charge in [-0.2, -0.15) is 13.2 Å². The fourth-order valence-corrected chi connectivity index (χ4v) is 14.9. The van der Waals surface area contributed by atoms with E-state index in [1.807, 2.05) is 78.9 Å². The molecule has 0 N–H and O–H groups in total. The van der Waals surface area contributed by atoms with Crippen molar-refractivity contribution in [2.75, 3.05) is 9.80 Å². The van der Waals surface area contributed by atoms with Gasteiger partial charge in [0.1, 0.15) is 0 Å². The highest BCUT2D eigenvalue weighted by Crippen LogP contribution is 2.50. The predicted octanol–water partition coefficient (Wildman–Crippen LogP) is 22.0. The van der Waals surface area contributed by atoms with Gasteiger partial charge in [0, 0.05) is 61.6 Å². The SMILES string of the molecule is FC(F)(F)c1ccc(-n2c3ccccc3c3cc(-c4cc5c6c(c4)N(c4cc(-c7ccccc7)cc(-c7ccccc7)c4)c4ccccc4B6c4ccccc4N5c4cc(-c5ccccc5)cc(-c5ccccc5)c4)ccc32)c(-c2cc(-c3ccccc3)nc(-c3ccccc3)n2)c1. The Morgan fingerprint density at radius 2 is 0.694 bits per heavy atom. The molecule has 0 saturated carbocycles. The summed E-state index contributed by atoms with van der Waals surface area (Å²) in [5.41, 5.74) is 24.8. The lowest BCUT2D eigenvalue weighted by molar-refractivity contribution is -0.137. The third-order valence-corrected chi connectivity index (χ3v) is 19.3. The molecule has 2 aliphatic heterocycles. The molecule has 0 atom stereocenters. The zero-order valence-electron chi connectivity index (χ0n) is 52.9. The molecule has 4 heterocycles. The number of rotatable bonds is 11. The Labute approximate surface area is 566 Å². The molecule has 2 aliphatic rings. The lowest BCUT2D eigenvalue weighted by Crippen LogP contribution is -2.61. The van der Waals surface area contributed by atoms with Crippen LogP contribution >= 0.6 is 0 Å². The largest absolute Gasteiger partial charge is 0.416 e. The van der Waals surface area contributed by atoms with E-state index in [0.29, 0.717) is 28.5 Å². The van der Waals surface area contributed by atoms with E-state index in [9.17, 15) is 0 Å². The molecule has 0 bridgehead atoms. The molecule has 462 valence electrons. The summed E-state index contributed by atoms with van der Waals surface area (Å²) in [6.07, 6.45) is -4.64. The quantitative estimate of drug-likeness (QED) is 0.121. The van der Waals surface area contributed by atoms with E-state index in [1.165, 1.54) is 28.5 Å².